The average Bonchev–Trinajstić information content (AvgIpc) is 2.54. The number of halogens is 1. The summed E-state index contributed by atoms with van der Waals surface area (Å²) >= 11 is 0. The number of methoxy groups -OCH3 is 1. The first-order valence-electron chi connectivity index (χ1n) is 8.73. The third-order valence-corrected chi connectivity index (χ3v) is 5.13. The van der Waals surface area contributed by atoms with Crippen LogP contribution in [0.3, 0.4) is 0 Å². The third-order valence-electron chi connectivity index (χ3n) is 5.13. The second-order valence-electron chi connectivity index (χ2n) is 6.77. The Morgan fingerprint density at radius 3 is 2.68 bits per heavy atom. The lowest BCUT2D eigenvalue weighted by atomic mass is 9.64. The Morgan fingerprint density at radius 2 is 2.04 bits per heavy atom. The average molecular weight is 341 g/mol. The maximum absolute atomic E-state index is 13.6. The molecule has 0 radical (unpaired) electrons. The number of carbonyl (C=O) groups is 1. The van der Waals surface area contributed by atoms with Gasteiger partial charge in [0.05, 0.1) is 12.5 Å². The van der Waals surface area contributed by atoms with Crippen molar-refractivity contribution in [2.45, 2.75) is 38.0 Å². The van der Waals surface area contributed by atoms with E-state index in [1.54, 1.807) is 13.2 Å². The summed E-state index contributed by atoms with van der Waals surface area (Å²) in [6.45, 7) is 2.57. The van der Waals surface area contributed by atoms with Gasteiger partial charge in [0.15, 0.2) is 0 Å². The van der Waals surface area contributed by atoms with Gasteiger partial charge in [0.2, 0.25) is 5.91 Å². The van der Waals surface area contributed by atoms with E-state index >= 15 is 0 Å². The summed E-state index contributed by atoms with van der Waals surface area (Å²) in [5.41, 5.74) is 2.46. The zero-order valence-corrected chi connectivity index (χ0v) is 14.8. The van der Waals surface area contributed by atoms with Crippen LogP contribution in [0, 0.1) is 12.7 Å². The van der Waals surface area contributed by atoms with Gasteiger partial charge in [-0.05, 0) is 55.5 Å². The molecule has 0 aromatic heterocycles. The summed E-state index contributed by atoms with van der Waals surface area (Å²) in [6, 6.07) is 12.5. The number of aryl methyl sites for hydroxylation is 1. The summed E-state index contributed by atoms with van der Waals surface area (Å²) in [5, 5.41) is 3.05. The van der Waals surface area contributed by atoms with Crippen LogP contribution in [0.15, 0.2) is 42.5 Å². The monoisotopic (exact) mass is 341 g/mol. The van der Waals surface area contributed by atoms with E-state index < -0.39 is 5.41 Å². The molecular weight excluding hydrogens is 317 g/mol. The van der Waals surface area contributed by atoms with E-state index in [0.717, 1.165) is 41.7 Å². The van der Waals surface area contributed by atoms with Crippen molar-refractivity contribution in [2.24, 2.45) is 0 Å². The van der Waals surface area contributed by atoms with E-state index in [0.29, 0.717) is 13.0 Å². The van der Waals surface area contributed by atoms with Gasteiger partial charge in [-0.3, -0.25) is 4.79 Å². The van der Waals surface area contributed by atoms with E-state index in [9.17, 15) is 9.18 Å². The van der Waals surface area contributed by atoms with Crippen LogP contribution in [0.5, 0.6) is 5.75 Å². The fourth-order valence-electron chi connectivity index (χ4n) is 3.55. The van der Waals surface area contributed by atoms with Crippen molar-refractivity contribution < 1.29 is 13.9 Å². The second-order valence-corrected chi connectivity index (χ2v) is 6.77. The molecule has 1 amide bonds. The Balaban J connectivity index is 1.67. The van der Waals surface area contributed by atoms with Crippen molar-refractivity contribution in [3.63, 3.8) is 0 Å². The number of hydrogen-bond acceptors (Lipinski definition) is 2. The molecule has 0 heterocycles. The predicted molar refractivity (Wildman–Crippen MR) is 96.4 cm³/mol. The highest BCUT2D eigenvalue weighted by molar-refractivity contribution is 5.89. The van der Waals surface area contributed by atoms with Gasteiger partial charge in [0, 0.05) is 6.54 Å². The van der Waals surface area contributed by atoms with Crippen molar-refractivity contribution in [1.82, 2.24) is 5.32 Å². The molecule has 0 spiro atoms. The summed E-state index contributed by atoms with van der Waals surface area (Å²) < 4.78 is 19.0. The summed E-state index contributed by atoms with van der Waals surface area (Å²) in [4.78, 5) is 12.8. The van der Waals surface area contributed by atoms with Crippen LogP contribution in [-0.4, -0.2) is 19.6 Å². The van der Waals surface area contributed by atoms with Crippen molar-refractivity contribution in [1.29, 1.82) is 0 Å². The maximum Gasteiger partial charge on any atom is 0.230 e. The molecular formula is C21H24FNO2. The number of ether oxygens (including phenoxy) is 1. The van der Waals surface area contributed by atoms with Gasteiger partial charge in [-0.1, -0.05) is 36.2 Å². The molecule has 0 bridgehead atoms. The van der Waals surface area contributed by atoms with Gasteiger partial charge in [0.1, 0.15) is 11.6 Å². The standard InChI is InChI=1S/C21H24FNO2/c1-15-7-8-19(25-2)16(13-15)9-12-23-20(24)21(10-4-11-21)17-5-3-6-18(22)14-17/h3,5-8,13-14H,4,9-12H2,1-2H3,(H,23,24). The van der Waals surface area contributed by atoms with Crippen molar-refractivity contribution >= 4 is 5.91 Å². The molecule has 3 rings (SSSR count). The van der Waals surface area contributed by atoms with Crippen LogP contribution in [0.2, 0.25) is 0 Å². The quantitative estimate of drug-likeness (QED) is 0.865. The Bertz CT molecular complexity index is 768. The lowest BCUT2D eigenvalue weighted by molar-refractivity contribution is -0.129. The Kier molecular flexibility index (Phi) is 5.07. The lowest BCUT2D eigenvalue weighted by Crippen LogP contribution is -2.49. The summed E-state index contributed by atoms with van der Waals surface area (Å²) in [7, 11) is 1.65. The van der Waals surface area contributed by atoms with Crippen LogP contribution in [0.25, 0.3) is 0 Å². The van der Waals surface area contributed by atoms with Gasteiger partial charge in [-0.25, -0.2) is 4.39 Å². The highest BCUT2D eigenvalue weighted by Crippen LogP contribution is 2.44. The third kappa shape index (κ3) is 3.53. The Labute approximate surface area is 148 Å². The molecule has 3 nitrogen and oxygen atoms in total. The highest BCUT2D eigenvalue weighted by Gasteiger charge is 2.45. The number of rotatable bonds is 6. The number of carbonyl (C=O) groups excluding carboxylic acids is 1. The minimum Gasteiger partial charge on any atom is -0.496 e. The van der Waals surface area contributed by atoms with Crippen molar-refractivity contribution in [2.75, 3.05) is 13.7 Å². The second kappa shape index (κ2) is 7.26. The molecule has 2 aromatic carbocycles. The molecule has 0 atom stereocenters. The molecule has 1 N–H and O–H groups in total. The SMILES string of the molecule is COc1ccc(C)cc1CCNC(=O)C1(c2cccc(F)c2)CCC1. The Morgan fingerprint density at radius 1 is 1.24 bits per heavy atom. The molecule has 0 aliphatic heterocycles. The molecule has 4 heteroatoms. The zero-order valence-electron chi connectivity index (χ0n) is 14.8. The number of nitrogens with one attached hydrogen (secondary N) is 1. The maximum atomic E-state index is 13.6. The van der Waals surface area contributed by atoms with E-state index in [2.05, 4.69) is 11.4 Å². The van der Waals surface area contributed by atoms with Crippen LogP contribution in [0.1, 0.15) is 36.0 Å². The Hall–Kier alpha value is -2.36. The molecule has 1 aliphatic carbocycles. The fourth-order valence-corrected chi connectivity index (χ4v) is 3.55. The summed E-state index contributed by atoms with van der Waals surface area (Å²) in [5.74, 6) is 0.542. The molecule has 0 saturated heterocycles. The molecule has 1 fully saturated rings. The number of hydrogen-bond donors (Lipinski definition) is 1. The molecule has 132 valence electrons. The van der Waals surface area contributed by atoms with E-state index in [1.807, 2.05) is 25.1 Å². The predicted octanol–water partition coefficient (Wildman–Crippen LogP) is 3.92. The smallest absolute Gasteiger partial charge is 0.230 e. The van der Waals surface area contributed by atoms with Crippen LogP contribution in [0.4, 0.5) is 4.39 Å². The summed E-state index contributed by atoms with van der Waals surface area (Å²) in [6.07, 6.45) is 3.25. The van der Waals surface area contributed by atoms with Gasteiger partial charge in [-0.15, -0.1) is 0 Å². The van der Waals surface area contributed by atoms with Gasteiger partial charge >= 0.3 is 0 Å². The first-order chi connectivity index (χ1) is 12.0. The minimum atomic E-state index is -0.571. The minimum absolute atomic E-state index is 0.00373. The van der Waals surface area contributed by atoms with Gasteiger partial charge < -0.3 is 10.1 Å². The van der Waals surface area contributed by atoms with E-state index in [4.69, 9.17) is 4.74 Å². The zero-order chi connectivity index (χ0) is 17.9. The highest BCUT2D eigenvalue weighted by atomic mass is 19.1. The molecule has 25 heavy (non-hydrogen) atoms. The molecule has 1 saturated carbocycles. The van der Waals surface area contributed by atoms with Crippen LogP contribution >= 0.6 is 0 Å². The first-order valence-corrected chi connectivity index (χ1v) is 8.73. The van der Waals surface area contributed by atoms with Gasteiger partial charge in [-0.2, -0.15) is 0 Å². The largest absolute Gasteiger partial charge is 0.496 e. The van der Waals surface area contributed by atoms with E-state index in [-0.39, 0.29) is 11.7 Å². The first kappa shape index (κ1) is 17.5. The van der Waals surface area contributed by atoms with E-state index in [1.165, 1.54) is 12.1 Å². The van der Waals surface area contributed by atoms with Gasteiger partial charge in [0.25, 0.3) is 0 Å². The van der Waals surface area contributed by atoms with Crippen molar-refractivity contribution in [3.05, 3.63) is 65.0 Å². The van der Waals surface area contributed by atoms with Crippen LogP contribution in [-0.2, 0) is 16.6 Å². The molecule has 2 aromatic rings. The number of benzene rings is 2. The normalized spacial score (nSPS) is 15.3. The van der Waals surface area contributed by atoms with Crippen LogP contribution < -0.4 is 10.1 Å². The molecule has 1 aliphatic rings. The molecule has 0 unspecified atom stereocenters. The number of amides is 1. The lowest BCUT2D eigenvalue weighted by Gasteiger charge is -2.40. The van der Waals surface area contributed by atoms with Crippen molar-refractivity contribution in [3.8, 4) is 5.75 Å². The topological polar surface area (TPSA) is 38.3 Å². The fraction of sp³-hybridized carbons (Fsp3) is 0.381.